The average molecular weight is 211 g/mol. The van der Waals surface area contributed by atoms with Crippen molar-refractivity contribution in [3.63, 3.8) is 0 Å². The van der Waals surface area contributed by atoms with Gasteiger partial charge in [-0.25, -0.2) is 0 Å². The molecule has 1 aromatic rings. The Hall–Kier alpha value is -0.340. The first-order valence-electron chi connectivity index (χ1n) is 5.41. The quantitative estimate of drug-likeness (QED) is 0.786. The van der Waals surface area contributed by atoms with Gasteiger partial charge in [0.1, 0.15) is 0 Å². The maximum absolute atomic E-state index is 6.14. The molecule has 1 aromatic heterocycles. The summed E-state index contributed by atoms with van der Waals surface area (Å²) in [6.07, 6.45) is 3.66. The molecule has 0 aromatic carbocycles. The summed E-state index contributed by atoms with van der Waals surface area (Å²) in [6.45, 7) is 6.68. The minimum absolute atomic E-state index is 0.258. The second kappa shape index (κ2) is 5.52. The monoisotopic (exact) mass is 211 g/mol. The van der Waals surface area contributed by atoms with Crippen molar-refractivity contribution in [1.29, 1.82) is 0 Å². The Bertz CT molecular complexity index is 265. The van der Waals surface area contributed by atoms with E-state index in [4.69, 9.17) is 5.73 Å². The van der Waals surface area contributed by atoms with Gasteiger partial charge in [0.15, 0.2) is 0 Å². The summed E-state index contributed by atoms with van der Waals surface area (Å²) in [4.78, 5) is 1.37. The number of nitrogens with two attached hydrogens (primary N) is 1. The largest absolute Gasteiger partial charge is 0.323 e. The van der Waals surface area contributed by atoms with Crippen LogP contribution in [0.25, 0.3) is 0 Å². The van der Waals surface area contributed by atoms with E-state index >= 15 is 0 Å². The van der Waals surface area contributed by atoms with Crippen molar-refractivity contribution in [2.45, 2.75) is 46.1 Å². The molecule has 0 aliphatic carbocycles. The van der Waals surface area contributed by atoms with Crippen molar-refractivity contribution >= 4 is 11.3 Å². The molecular weight excluding hydrogens is 190 g/mol. The Morgan fingerprint density at radius 3 is 2.57 bits per heavy atom. The van der Waals surface area contributed by atoms with Gasteiger partial charge in [0.25, 0.3) is 0 Å². The third kappa shape index (κ3) is 3.43. The summed E-state index contributed by atoms with van der Waals surface area (Å²) in [5, 5.41) is 2.13. The smallest absolute Gasteiger partial charge is 0.0392 e. The third-order valence-electron chi connectivity index (χ3n) is 2.54. The van der Waals surface area contributed by atoms with Crippen LogP contribution in [0.15, 0.2) is 11.4 Å². The molecule has 0 saturated heterocycles. The Kier molecular flexibility index (Phi) is 4.63. The molecule has 0 aliphatic heterocycles. The Morgan fingerprint density at radius 1 is 1.36 bits per heavy atom. The Morgan fingerprint density at radius 2 is 2.07 bits per heavy atom. The van der Waals surface area contributed by atoms with E-state index in [-0.39, 0.29) is 6.04 Å². The maximum atomic E-state index is 6.14. The summed E-state index contributed by atoms with van der Waals surface area (Å²) in [6, 6.07) is 2.41. The SMILES string of the molecule is Cc1ccsc1C(N)CCCC(C)C. The molecule has 1 atom stereocenters. The summed E-state index contributed by atoms with van der Waals surface area (Å²) >= 11 is 1.79. The van der Waals surface area contributed by atoms with Gasteiger partial charge < -0.3 is 5.73 Å². The van der Waals surface area contributed by atoms with Gasteiger partial charge in [0, 0.05) is 10.9 Å². The molecule has 2 N–H and O–H groups in total. The van der Waals surface area contributed by atoms with Crippen LogP contribution in [-0.4, -0.2) is 0 Å². The number of rotatable bonds is 5. The second-order valence-corrected chi connectivity index (χ2v) is 5.35. The van der Waals surface area contributed by atoms with Crippen molar-refractivity contribution in [3.05, 3.63) is 21.9 Å². The molecule has 0 fully saturated rings. The van der Waals surface area contributed by atoms with E-state index in [1.165, 1.54) is 23.3 Å². The molecule has 0 spiro atoms. The number of thiophene rings is 1. The summed E-state index contributed by atoms with van der Waals surface area (Å²) in [7, 11) is 0. The molecule has 14 heavy (non-hydrogen) atoms. The van der Waals surface area contributed by atoms with Crippen LogP contribution in [0.1, 0.15) is 49.6 Å². The zero-order chi connectivity index (χ0) is 10.6. The van der Waals surface area contributed by atoms with Crippen molar-refractivity contribution in [2.24, 2.45) is 11.7 Å². The maximum Gasteiger partial charge on any atom is 0.0392 e. The minimum atomic E-state index is 0.258. The molecular formula is C12H21NS. The highest BCUT2D eigenvalue weighted by Crippen LogP contribution is 2.26. The fourth-order valence-corrected chi connectivity index (χ4v) is 2.61. The average Bonchev–Trinajstić information content (AvgIpc) is 2.50. The standard InChI is InChI=1S/C12H21NS/c1-9(2)5-4-6-11(13)12-10(3)7-8-14-12/h7-9,11H,4-6,13H2,1-3H3. The number of hydrogen-bond donors (Lipinski definition) is 1. The predicted octanol–water partition coefficient (Wildman–Crippen LogP) is 3.88. The topological polar surface area (TPSA) is 26.0 Å². The lowest BCUT2D eigenvalue weighted by atomic mass is 10.0. The summed E-state index contributed by atoms with van der Waals surface area (Å²) in [5.41, 5.74) is 7.49. The van der Waals surface area contributed by atoms with Crippen LogP contribution in [0.3, 0.4) is 0 Å². The van der Waals surface area contributed by atoms with Crippen LogP contribution in [0, 0.1) is 12.8 Å². The lowest BCUT2D eigenvalue weighted by Crippen LogP contribution is -2.09. The van der Waals surface area contributed by atoms with Gasteiger partial charge in [-0.15, -0.1) is 11.3 Å². The second-order valence-electron chi connectivity index (χ2n) is 4.40. The molecule has 1 heterocycles. The van der Waals surface area contributed by atoms with Gasteiger partial charge in [0.05, 0.1) is 0 Å². The highest BCUT2D eigenvalue weighted by molar-refractivity contribution is 7.10. The van der Waals surface area contributed by atoms with Gasteiger partial charge in [-0.05, 0) is 36.3 Å². The van der Waals surface area contributed by atoms with E-state index in [0.29, 0.717) is 0 Å². The van der Waals surface area contributed by atoms with E-state index in [0.717, 1.165) is 12.3 Å². The van der Waals surface area contributed by atoms with Crippen LogP contribution in [0.4, 0.5) is 0 Å². The first kappa shape index (κ1) is 11.7. The van der Waals surface area contributed by atoms with E-state index in [2.05, 4.69) is 32.2 Å². The van der Waals surface area contributed by atoms with E-state index < -0.39 is 0 Å². The minimum Gasteiger partial charge on any atom is -0.323 e. The van der Waals surface area contributed by atoms with Gasteiger partial charge in [-0.1, -0.05) is 26.7 Å². The Labute approximate surface area is 91.3 Å². The van der Waals surface area contributed by atoms with Crippen molar-refractivity contribution in [3.8, 4) is 0 Å². The van der Waals surface area contributed by atoms with Gasteiger partial charge in [-0.2, -0.15) is 0 Å². The lowest BCUT2D eigenvalue weighted by molar-refractivity contribution is 0.507. The van der Waals surface area contributed by atoms with Crippen molar-refractivity contribution < 1.29 is 0 Å². The Balaban J connectivity index is 2.36. The van der Waals surface area contributed by atoms with Crippen LogP contribution >= 0.6 is 11.3 Å². The molecule has 2 heteroatoms. The van der Waals surface area contributed by atoms with Crippen molar-refractivity contribution in [1.82, 2.24) is 0 Å². The summed E-state index contributed by atoms with van der Waals surface area (Å²) < 4.78 is 0. The number of hydrogen-bond acceptors (Lipinski definition) is 2. The molecule has 1 unspecified atom stereocenters. The van der Waals surface area contributed by atoms with E-state index in [9.17, 15) is 0 Å². The molecule has 80 valence electrons. The highest BCUT2D eigenvalue weighted by Gasteiger charge is 2.09. The van der Waals surface area contributed by atoms with Crippen LogP contribution in [0.5, 0.6) is 0 Å². The molecule has 0 bridgehead atoms. The zero-order valence-corrected chi connectivity index (χ0v) is 10.2. The molecule has 1 rings (SSSR count). The normalized spacial score (nSPS) is 13.5. The molecule has 0 radical (unpaired) electrons. The molecule has 1 nitrogen and oxygen atoms in total. The van der Waals surface area contributed by atoms with Crippen LogP contribution in [-0.2, 0) is 0 Å². The van der Waals surface area contributed by atoms with Gasteiger partial charge >= 0.3 is 0 Å². The van der Waals surface area contributed by atoms with Gasteiger partial charge in [-0.3, -0.25) is 0 Å². The molecule has 0 saturated carbocycles. The predicted molar refractivity (Wildman–Crippen MR) is 64.7 cm³/mol. The first-order valence-corrected chi connectivity index (χ1v) is 6.28. The van der Waals surface area contributed by atoms with Gasteiger partial charge in [0.2, 0.25) is 0 Å². The molecule has 0 aliphatic rings. The van der Waals surface area contributed by atoms with Crippen LogP contribution in [0.2, 0.25) is 0 Å². The third-order valence-corrected chi connectivity index (χ3v) is 3.69. The van der Waals surface area contributed by atoms with Crippen molar-refractivity contribution in [2.75, 3.05) is 0 Å². The lowest BCUT2D eigenvalue weighted by Gasteiger charge is -2.11. The fourth-order valence-electron chi connectivity index (χ4n) is 1.64. The fraction of sp³-hybridized carbons (Fsp3) is 0.667. The van der Waals surface area contributed by atoms with E-state index in [1.54, 1.807) is 11.3 Å². The highest BCUT2D eigenvalue weighted by atomic mass is 32.1. The first-order chi connectivity index (χ1) is 6.61. The zero-order valence-electron chi connectivity index (χ0n) is 9.42. The number of aryl methyl sites for hydroxylation is 1. The van der Waals surface area contributed by atoms with E-state index in [1.807, 2.05) is 0 Å². The summed E-state index contributed by atoms with van der Waals surface area (Å²) in [5.74, 6) is 0.798. The molecule has 0 amide bonds. The van der Waals surface area contributed by atoms with Crippen LogP contribution < -0.4 is 5.73 Å².